The van der Waals surface area contributed by atoms with Gasteiger partial charge in [-0.25, -0.2) is 22.0 Å². The number of benzene rings is 1. The van der Waals surface area contributed by atoms with Crippen LogP contribution >= 0.6 is 0 Å². The molecule has 7 nitrogen and oxygen atoms in total. The van der Waals surface area contributed by atoms with Gasteiger partial charge in [0.05, 0.1) is 16.7 Å². The monoisotopic (exact) mass is 345 g/mol. The van der Waals surface area contributed by atoms with E-state index in [1.54, 1.807) is 0 Å². The molecule has 22 heavy (non-hydrogen) atoms. The van der Waals surface area contributed by atoms with Crippen LogP contribution in [0.2, 0.25) is 0 Å². The summed E-state index contributed by atoms with van der Waals surface area (Å²) < 4.78 is 50.0. The van der Waals surface area contributed by atoms with Crippen molar-refractivity contribution in [2.45, 2.75) is 48.1 Å². The fourth-order valence-corrected chi connectivity index (χ4v) is 5.15. The summed E-state index contributed by atoms with van der Waals surface area (Å²) in [6.45, 7) is 0. The van der Waals surface area contributed by atoms with E-state index in [-0.39, 0.29) is 16.0 Å². The van der Waals surface area contributed by atoms with Crippen LogP contribution in [0, 0.1) is 5.92 Å². The maximum absolute atomic E-state index is 12.3. The van der Waals surface area contributed by atoms with E-state index >= 15 is 0 Å². The molecule has 0 aromatic heterocycles. The van der Waals surface area contributed by atoms with Gasteiger partial charge < -0.3 is 5.32 Å². The van der Waals surface area contributed by atoms with Gasteiger partial charge in [0.15, 0.2) is 0 Å². The van der Waals surface area contributed by atoms with Crippen molar-refractivity contribution in [3.63, 3.8) is 0 Å². The van der Waals surface area contributed by atoms with Gasteiger partial charge in [0, 0.05) is 0 Å². The maximum Gasteiger partial charge on any atom is 0.244 e. The van der Waals surface area contributed by atoms with Gasteiger partial charge in [-0.1, -0.05) is 25.7 Å². The smallest absolute Gasteiger partial charge is 0.244 e. The van der Waals surface area contributed by atoms with Crippen molar-refractivity contribution in [1.29, 1.82) is 0 Å². The van der Waals surface area contributed by atoms with Crippen LogP contribution in [0.5, 0.6) is 0 Å². The van der Waals surface area contributed by atoms with Crippen molar-refractivity contribution in [2.24, 2.45) is 11.1 Å². The molecule has 0 radical (unpaired) electrons. The fraction of sp³-hybridized carbons (Fsp3) is 0.538. The van der Waals surface area contributed by atoms with Crippen LogP contribution in [0.25, 0.3) is 0 Å². The van der Waals surface area contributed by atoms with Crippen molar-refractivity contribution >= 4 is 25.7 Å². The summed E-state index contributed by atoms with van der Waals surface area (Å²) in [5.41, 5.74) is 0.411. The molecule has 1 aliphatic carbocycles. The Balaban J connectivity index is 1.90. The highest BCUT2D eigenvalue weighted by molar-refractivity contribution is 7.90. The molecule has 9 heteroatoms. The fourth-order valence-electron chi connectivity index (χ4n) is 3.18. The van der Waals surface area contributed by atoms with Crippen LogP contribution in [0.4, 0.5) is 5.69 Å². The topological polar surface area (TPSA) is 118 Å². The van der Waals surface area contributed by atoms with Gasteiger partial charge in [-0.3, -0.25) is 0 Å². The summed E-state index contributed by atoms with van der Waals surface area (Å²) in [7, 11) is -7.69. The molecular formula is C13H19N3O4S2. The molecule has 0 saturated heterocycles. The average molecular weight is 345 g/mol. The minimum Gasteiger partial charge on any atom is -0.368 e. The molecular weight excluding hydrogens is 326 g/mol. The minimum absolute atomic E-state index is 0.0818. The first-order valence-corrected chi connectivity index (χ1v) is 10.2. The Morgan fingerprint density at radius 3 is 2.55 bits per heavy atom. The van der Waals surface area contributed by atoms with Gasteiger partial charge >= 0.3 is 0 Å². The SMILES string of the molecule is NS(=O)(=O)c1ccc2c(c1)S(=O)(=O)NC(CC1CCCC1)N2. The van der Waals surface area contributed by atoms with Gasteiger partial charge in [0.25, 0.3) is 0 Å². The van der Waals surface area contributed by atoms with E-state index in [1.807, 2.05) is 0 Å². The zero-order valence-corrected chi connectivity index (χ0v) is 13.6. The van der Waals surface area contributed by atoms with E-state index in [9.17, 15) is 16.8 Å². The number of rotatable bonds is 3. The molecule has 1 aliphatic heterocycles. The predicted octanol–water partition coefficient (Wildman–Crippen LogP) is 0.944. The molecule has 1 saturated carbocycles. The number of nitrogens with one attached hydrogen (secondary N) is 2. The van der Waals surface area contributed by atoms with E-state index in [2.05, 4.69) is 10.0 Å². The molecule has 122 valence electrons. The number of hydrogen-bond acceptors (Lipinski definition) is 5. The first-order valence-electron chi connectivity index (χ1n) is 7.21. The van der Waals surface area contributed by atoms with Crippen molar-refractivity contribution in [1.82, 2.24) is 4.72 Å². The Hall–Kier alpha value is -1.16. The second kappa shape index (κ2) is 5.48. The summed E-state index contributed by atoms with van der Waals surface area (Å²) in [6.07, 6.45) is 5.00. The van der Waals surface area contributed by atoms with Gasteiger partial charge in [0.2, 0.25) is 20.0 Å². The van der Waals surface area contributed by atoms with E-state index in [0.717, 1.165) is 25.3 Å². The lowest BCUT2D eigenvalue weighted by atomic mass is 10.0. The molecule has 0 amide bonds. The number of fused-ring (bicyclic) bond motifs is 1. The summed E-state index contributed by atoms with van der Waals surface area (Å²) in [5, 5.41) is 8.18. The number of sulfonamides is 2. The molecule has 1 aromatic carbocycles. The summed E-state index contributed by atoms with van der Waals surface area (Å²) >= 11 is 0. The molecule has 1 atom stereocenters. The van der Waals surface area contributed by atoms with Crippen LogP contribution in [-0.4, -0.2) is 23.0 Å². The van der Waals surface area contributed by atoms with Crippen LogP contribution < -0.4 is 15.2 Å². The average Bonchev–Trinajstić information content (AvgIpc) is 2.89. The zero-order valence-electron chi connectivity index (χ0n) is 11.9. The summed E-state index contributed by atoms with van der Waals surface area (Å²) in [6, 6.07) is 3.86. The minimum atomic E-state index is -3.94. The Labute approximate surface area is 130 Å². The third-order valence-corrected chi connectivity index (χ3v) is 6.66. The molecule has 1 aromatic rings. The van der Waals surface area contributed by atoms with Crippen molar-refractivity contribution in [2.75, 3.05) is 5.32 Å². The Morgan fingerprint density at radius 2 is 1.91 bits per heavy atom. The van der Waals surface area contributed by atoms with E-state index in [1.165, 1.54) is 25.0 Å². The molecule has 1 heterocycles. The number of hydrogen-bond donors (Lipinski definition) is 3. The second-order valence-corrected chi connectivity index (χ2v) is 9.15. The van der Waals surface area contributed by atoms with Gasteiger partial charge in [-0.05, 0) is 30.5 Å². The lowest BCUT2D eigenvalue weighted by Gasteiger charge is -2.29. The third kappa shape index (κ3) is 3.12. The molecule has 4 N–H and O–H groups in total. The highest BCUT2D eigenvalue weighted by atomic mass is 32.2. The Bertz CT molecular complexity index is 784. The van der Waals surface area contributed by atoms with Gasteiger partial charge in [0.1, 0.15) is 4.90 Å². The first-order chi connectivity index (χ1) is 10.3. The normalized spacial score (nSPS) is 24.7. The predicted molar refractivity (Wildman–Crippen MR) is 82.1 cm³/mol. The Morgan fingerprint density at radius 1 is 1.23 bits per heavy atom. The van der Waals surface area contributed by atoms with Gasteiger partial charge in [-0.2, -0.15) is 4.72 Å². The van der Waals surface area contributed by atoms with E-state index in [4.69, 9.17) is 5.14 Å². The molecule has 0 bridgehead atoms. The molecule has 3 rings (SSSR count). The van der Waals surface area contributed by atoms with Crippen LogP contribution in [0.1, 0.15) is 32.1 Å². The quantitative estimate of drug-likeness (QED) is 0.753. The second-order valence-electron chi connectivity index (χ2n) is 5.91. The zero-order chi connectivity index (χ0) is 16.0. The lowest BCUT2D eigenvalue weighted by Crippen LogP contribution is -2.45. The highest BCUT2D eigenvalue weighted by Crippen LogP contribution is 2.33. The lowest BCUT2D eigenvalue weighted by molar-refractivity contribution is 0.438. The van der Waals surface area contributed by atoms with Crippen LogP contribution in [0.15, 0.2) is 28.0 Å². The van der Waals surface area contributed by atoms with Crippen molar-refractivity contribution in [3.05, 3.63) is 18.2 Å². The van der Waals surface area contributed by atoms with Crippen molar-refractivity contribution < 1.29 is 16.8 Å². The largest absolute Gasteiger partial charge is 0.368 e. The highest BCUT2D eigenvalue weighted by Gasteiger charge is 2.32. The molecule has 1 unspecified atom stereocenters. The number of anilines is 1. The molecule has 0 spiro atoms. The third-order valence-electron chi connectivity index (χ3n) is 4.24. The van der Waals surface area contributed by atoms with E-state index in [0.29, 0.717) is 11.6 Å². The van der Waals surface area contributed by atoms with Crippen LogP contribution in [0.3, 0.4) is 0 Å². The Kier molecular flexibility index (Phi) is 3.92. The standard InChI is InChI=1S/C13H19N3O4S2/c14-21(17,18)10-5-6-11-12(8-10)22(19,20)16-13(15-11)7-9-3-1-2-4-9/h5-6,8-9,13,15-16H,1-4,7H2,(H2,14,17,18). The van der Waals surface area contributed by atoms with E-state index < -0.39 is 20.0 Å². The first kappa shape index (κ1) is 15.7. The van der Waals surface area contributed by atoms with Crippen LogP contribution in [-0.2, 0) is 20.0 Å². The maximum atomic E-state index is 12.3. The summed E-state index contributed by atoms with van der Waals surface area (Å²) in [4.78, 5) is -0.297. The molecule has 1 fully saturated rings. The van der Waals surface area contributed by atoms with Gasteiger partial charge in [-0.15, -0.1) is 0 Å². The molecule has 2 aliphatic rings. The number of primary sulfonamides is 1. The van der Waals surface area contributed by atoms with Crippen molar-refractivity contribution in [3.8, 4) is 0 Å². The number of nitrogens with two attached hydrogens (primary N) is 1. The summed E-state index contributed by atoms with van der Waals surface area (Å²) in [5.74, 6) is 0.519.